The lowest BCUT2D eigenvalue weighted by Crippen LogP contribution is -2.05. The summed E-state index contributed by atoms with van der Waals surface area (Å²) < 4.78 is 40.2. The van der Waals surface area contributed by atoms with Crippen LogP contribution in [0.3, 0.4) is 0 Å². The Hall–Kier alpha value is -3.26. The van der Waals surface area contributed by atoms with Gasteiger partial charge in [0.05, 0.1) is 16.8 Å². The summed E-state index contributed by atoms with van der Waals surface area (Å²) in [6.07, 6.45) is -1.95. The topological polar surface area (TPSA) is 55.1 Å². The molecule has 0 spiro atoms. The molecule has 0 bridgehead atoms. The van der Waals surface area contributed by atoms with Crippen molar-refractivity contribution in [1.29, 1.82) is 0 Å². The second-order valence-corrected chi connectivity index (χ2v) is 9.56. The molecule has 0 fully saturated rings. The van der Waals surface area contributed by atoms with Crippen LogP contribution in [0.4, 0.5) is 13.2 Å². The second kappa shape index (κ2) is 9.54. The van der Waals surface area contributed by atoms with Crippen LogP contribution < -0.4 is 0 Å². The van der Waals surface area contributed by atoms with Crippen molar-refractivity contribution in [3.8, 4) is 5.69 Å². The lowest BCUT2D eigenvalue weighted by molar-refractivity contribution is -0.138. The maximum atomic E-state index is 12.9. The Morgan fingerprint density at radius 3 is 2.50 bits per heavy atom. The average Bonchev–Trinajstić information content (AvgIpc) is 3.22. The number of aryl methyl sites for hydroxylation is 2. The number of carbonyl (C=O) groups is 1. The molecule has 1 aromatic heterocycles. The van der Waals surface area contributed by atoms with E-state index in [0.29, 0.717) is 12.1 Å². The van der Waals surface area contributed by atoms with Crippen molar-refractivity contribution < 1.29 is 23.1 Å². The molecular formula is C26H23F3N2O2S. The standard InChI is InChI=1S/C26H23F3N2O2S/c1-16-14-22(12-6-18(16)7-13-24(32)33)34-17(2)23-5-3-4-19-15-31(30-25(19)23)21-10-8-20(9-11-21)26(27,28)29/h3-6,8-12,14-15,17H,7,13H2,1-2H3,(H,32,33). The molecule has 1 heterocycles. The van der Waals surface area contributed by atoms with E-state index in [1.807, 2.05) is 43.5 Å². The van der Waals surface area contributed by atoms with Gasteiger partial charge in [0.1, 0.15) is 0 Å². The molecule has 0 saturated carbocycles. The largest absolute Gasteiger partial charge is 0.481 e. The summed E-state index contributed by atoms with van der Waals surface area (Å²) in [5, 5.41) is 14.6. The lowest BCUT2D eigenvalue weighted by Gasteiger charge is -2.14. The van der Waals surface area contributed by atoms with Crippen molar-refractivity contribution in [2.24, 2.45) is 0 Å². The Morgan fingerprint density at radius 1 is 1.12 bits per heavy atom. The highest BCUT2D eigenvalue weighted by Gasteiger charge is 2.30. The first-order valence-electron chi connectivity index (χ1n) is 10.8. The summed E-state index contributed by atoms with van der Waals surface area (Å²) in [6.45, 7) is 4.07. The number of hydrogen-bond acceptors (Lipinski definition) is 3. The van der Waals surface area contributed by atoms with Gasteiger partial charge in [-0.3, -0.25) is 4.79 Å². The third-order valence-electron chi connectivity index (χ3n) is 5.70. The van der Waals surface area contributed by atoms with Crippen LogP contribution in [0.25, 0.3) is 16.6 Å². The van der Waals surface area contributed by atoms with Crippen LogP contribution in [0.2, 0.25) is 0 Å². The Morgan fingerprint density at radius 2 is 1.85 bits per heavy atom. The van der Waals surface area contributed by atoms with E-state index in [1.54, 1.807) is 16.4 Å². The van der Waals surface area contributed by atoms with E-state index in [1.165, 1.54) is 12.1 Å². The Balaban J connectivity index is 1.57. The summed E-state index contributed by atoms with van der Waals surface area (Å²) in [4.78, 5) is 11.9. The molecule has 0 saturated heterocycles. The monoisotopic (exact) mass is 484 g/mol. The van der Waals surface area contributed by atoms with Gasteiger partial charge in [-0.25, -0.2) is 4.68 Å². The van der Waals surface area contributed by atoms with Crippen molar-refractivity contribution in [2.45, 2.75) is 43.0 Å². The first-order chi connectivity index (χ1) is 16.1. The number of halogens is 3. The Labute approximate surface area is 199 Å². The summed E-state index contributed by atoms with van der Waals surface area (Å²) >= 11 is 1.68. The van der Waals surface area contributed by atoms with Crippen molar-refractivity contribution >= 4 is 28.6 Å². The summed E-state index contributed by atoms with van der Waals surface area (Å²) in [5.41, 5.74) is 3.78. The first-order valence-corrected chi connectivity index (χ1v) is 11.6. The minimum Gasteiger partial charge on any atom is -0.481 e. The second-order valence-electron chi connectivity index (χ2n) is 8.15. The van der Waals surface area contributed by atoms with E-state index in [2.05, 4.69) is 18.1 Å². The molecule has 4 rings (SSSR count). The zero-order valence-electron chi connectivity index (χ0n) is 18.6. The highest BCUT2D eigenvalue weighted by Crippen LogP contribution is 2.38. The van der Waals surface area contributed by atoms with Gasteiger partial charge < -0.3 is 5.11 Å². The number of rotatable bonds is 7. The number of nitrogens with zero attached hydrogens (tertiary/aromatic N) is 2. The van der Waals surface area contributed by atoms with Crippen molar-refractivity contribution in [3.63, 3.8) is 0 Å². The molecule has 0 aliphatic rings. The molecule has 4 nitrogen and oxygen atoms in total. The molecule has 1 atom stereocenters. The van der Waals surface area contributed by atoms with Gasteiger partial charge in [0.15, 0.2) is 0 Å². The van der Waals surface area contributed by atoms with Crippen LogP contribution >= 0.6 is 11.8 Å². The maximum absolute atomic E-state index is 12.9. The number of benzene rings is 3. The zero-order chi connectivity index (χ0) is 24.5. The quantitative estimate of drug-likeness (QED) is 0.281. The van der Waals surface area contributed by atoms with Gasteiger partial charge in [-0.05, 0) is 73.4 Å². The number of aromatic nitrogens is 2. The van der Waals surface area contributed by atoms with Gasteiger partial charge in [-0.15, -0.1) is 11.8 Å². The number of alkyl halides is 3. The molecule has 8 heteroatoms. The van der Waals surface area contributed by atoms with E-state index in [0.717, 1.165) is 44.6 Å². The molecule has 0 aliphatic heterocycles. The smallest absolute Gasteiger partial charge is 0.416 e. The fraction of sp³-hybridized carbons (Fsp3) is 0.231. The van der Waals surface area contributed by atoms with Crippen LogP contribution in [0.1, 0.15) is 40.8 Å². The SMILES string of the molecule is Cc1cc(SC(C)c2cccc3cn(-c4ccc(C(F)(F)F)cc4)nc23)ccc1CCC(=O)O. The van der Waals surface area contributed by atoms with Gasteiger partial charge in [-0.2, -0.15) is 18.3 Å². The van der Waals surface area contributed by atoms with Gasteiger partial charge in [0.2, 0.25) is 0 Å². The third kappa shape index (κ3) is 5.28. The maximum Gasteiger partial charge on any atom is 0.416 e. The fourth-order valence-corrected chi connectivity index (χ4v) is 4.98. The number of fused-ring (bicyclic) bond motifs is 1. The van der Waals surface area contributed by atoms with Crippen LogP contribution in [-0.4, -0.2) is 20.9 Å². The molecule has 1 unspecified atom stereocenters. The zero-order valence-corrected chi connectivity index (χ0v) is 19.5. The minimum absolute atomic E-state index is 0.0731. The van der Waals surface area contributed by atoms with Crippen molar-refractivity contribution in [2.75, 3.05) is 0 Å². The molecular weight excluding hydrogens is 461 g/mol. The third-order valence-corrected chi connectivity index (χ3v) is 6.83. The van der Waals surface area contributed by atoms with E-state index < -0.39 is 17.7 Å². The van der Waals surface area contributed by atoms with Gasteiger partial charge in [0.25, 0.3) is 0 Å². The van der Waals surface area contributed by atoms with Crippen LogP contribution in [-0.2, 0) is 17.4 Å². The number of thioether (sulfide) groups is 1. The van der Waals surface area contributed by atoms with Gasteiger partial charge >= 0.3 is 12.1 Å². The number of carboxylic acids is 1. The van der Waals surface area contributed by atoms with E-state index in [4.69, 9.17) is 5.11 Å². The lowest BCUT2D eigenvalue weighted by atomic mass is 10.0. The van der Waals surface area contributed by atoms with Crippen molar-refractivity contribution in [1.82, 2.24) is 9.78 Å². The Kier molecular flexibility index (Phi) is 6.70. The van der Waals surface area contributed by atoms with Gasteiger partial charge in [-0.1, -0.05) is 24.3 Å². The minimum atomic E-state index is -4.38. The van der Waals surface area contributed by atoms with Crippen LogP contribution in [0, 0.1) is 6.92 Å². The van der Waals surface area contributed by atoms with Crippen LogP contribution in [0.15, 0.2) is 71.8 Å². The molecule has 0 aliphatic carbocycles. The van der Waals surface area contributed by atoms with Gasteiger partial charge in [0, 0.05) is 28.1 Å². The molecule has 3 aromatic carbocycles. The van der Waals surface area contributed by atoms with E-state index in [-0.39, 0.29) is 11.7 Å². The Bertz CT molecular complexity index is 1330. The van der Waals surface area contributed by atoms with E-state index in [9.17, 15) is 18.0 Å². The highest BCUT2D eigenvalue weighted by atomic mass is 32.2. The number of hydrogen-bond donors (Lipinski definition) is 1. The molecule has 0 radical (unpaired) electrons. The molecule has 176 valence electrons. The molecule has 1 N–H and O–H groups in total. The summed E-state index contributed by atoms with van der Waals surface area (Å²) in [6, 6.07) is 16.9. The predicted octanol–water partition coefficient (Wildman–Crippen LogP) is 7.22. The average molecular weight is 485 g/mol. The number of carboxylic acid groups (broad SMARTS) is 1. The van der Waals surface area contributed by atoms with Crippen LogP contribution in [0.5, 0.6) is 0 Å². The number of aliphatic carboxylic acids is 1. The summed E-state index contributed by atoms with van der Waals surface area (Å²) in [7, 11) is 0. The van der Waals surface area contributed by atoms with Crippen molar-refractivity contribution in [3.05, 3.63) is 89.1 Å². The fourth-order valence-electron chi connectivity index (χ4n) is 3.86. The molecule has 4 aromatic rings. The molecule has 34 heavy (non-hydrogen) atoms. The normalized spacial score (nSPS) is 12.7. The molecule has 0 amide bonds. The predicted molar refractivity (Wildman–Crippen MR) is 127 cm³/mol. The van der Waals surface area contributed by atoms with E-state index >= 15 is 0 Å². The highest BCUT2D eigenvalue weighted by molar-refractivity contribution is 7.99. The summed E-state index contributed by atoms with van der Waals surface area (Å²) in [5.74, 6) is -0.810. The first kappa shape index (κ1) is 23.9.